The molecule has 0 saturated carbocycles. The van der Waals surface area contributed by atoms with Gasteiger partial charge in [0.2, 0.25) is 5.91 Å². The van der Waals surface area contributed by atoms with Crippen LogP contribution in [0.2, 0.25) is 0 Å². The van der Waals surface area contributed by atoms with Gasteiger partial charge in [-0.05, 0) is 31.2 Å². The Bertz CT molecular complexity index is 662. The van der Waals surface area contributed by atoms with E-state index in [9.17, 15) is 14.4 Å². The van der Waals surface area contributed by atoms with E-state index in [2.05, 4.69) is 11.9 Å². The van der Waals surface area contributed by atoms with Crippen LogP contribution in [-0.2, 0) is 25.7 Å². The van der Waals surface area contributed by atoms with Crippen molar-refractivity contribution < 1.29 is 23.9 Å². The van der Waals surface area contributed by atoms with Crippen molar-refractivity contribution in [2.45, 2.75) is 44.4 Å². The van der Waals surface area contributed by atoms with E-state index in [0.29, 0.717) is 32.2 Å². The average Bonchev–Trinajstić information content (AvgIpc) is 3.19. The van der Waals surface area contributed by atoms with Crippen molar-refractivity contribution >= 4 is 18.0 Å². The fourth-order valence-corrected chi connectivity index (χ4v) is 3.00. The van der Waals surface area contributed by atoms with E-state index in [1.165, 1.54) is 12.0 Å². The number of allylic oxidation sites excluding steroid dienone is 1. The quantitative estimate of drug-likeness (QED) is 0.558. The molecule has 0 spiro atoms. The molecule has 1 N–H and O–H groups in total. The van der Waals surface area contributed by atoms with Crippen molar-refractivity contribution in [3.8, 4) is 0 Å². The van der Waals surface area contributed by atoms with Gasteiger partial charge in [0.05, 0.1) is 7.11 Å². The highest BCUT2D eigenvalue weighted by molar-refractivity contribution is 5.90. The van der Waals surface area contributed by atoms with E-state index in [0.717, 1.165) is 5.56 Å². The summed E-state index contributed by atoms with van der Waals surface area (Å²) >= 11 is 0. The standard InChI is InChI=1S/C20H26N2O5/c1-3-4-11-16(19(24)26-2)21-18(23)17-12-8-13-22(17)20(25)27-14-15-9-6-5-7-10-15/h3,5-7,9-10,16-17H,1,4,8,11-14H2,2H3,(H,21,23)/t16-,17-/m1/s1. The van der Waals surface area contributed by atoms with Crippen molar-refractivity contribution in [2.75, 3.05) is 13.7 Å². The van der Waals surface area contributed by atoms with Gasteiger partial charge in [0, 0.05) is 6.54 Å². The van der Waals surface area contributed by atoms with Crippen LogP contribution in [0.15, 0.2) is 43.0 Å². The fourth-order valence-electron chi connectivity index (χ4n) is 3.00. The summed E-state index contributed by atoms with van der Waals surface area (Å²) in [5, 5.41) is 2.69. The number of hydrogen-bond donors (Lipinski definition) is 1. The van der Waals surface area contributed by atoms with Crippen molar-refractivity contribution in [2.24, 2.45) is 0 Å². The first-order valence-electron chi connectivity index (χ1n) is 9.03. The zero-order valence-electron chi connectivity index (χ0n) is 15.6. The van der Waals surface area contributed by atoms with E-state index in [1.54, 1.807) is 6.08 Å². The molecule has 27 heavy (non-hydrogen) atoms. The maximum absolute atomic E-state index is 12.6. The molecule has 1 aromatic rings. The van der Waals surface area contributed by atoms with E-state index < -0.39 is 24.1 Å². The van der Waals surface area contributed by atoms with Gasteiger partial charge in [-0.25, -0.2) is 9.59 Å². The minimum atomic E-state index is -0.761. The van der Waals surface area contributed by atoms with Crippen LogP contribution in [-0.4, -0.2) is 48.6 Å². The number of rotatable bonds is 8. The predicted octanol–water partition coefficient (Wildman–Crippen LogP) is 2.41. The zero-order chi connectivity index (χ0) is 19.6. The third kappa shape index (κ3) is 5.84. The summed E-state index contributed by atoms with van der Waals surface area (Å²) in [7, 11) is 1.28. The smallest absolute Gasteiger partial charge is 0.410 e. The molecule has 1 aliphatic heterocycles. The number of esters is 1. The Balaban J connectivity index is 1.94. The summed E-state index contributed by atoms with van der Waals surface area (Å²) in [6.07, 6.45) is 3.33. The highest BCUT2D eigenvalue weighted by Crippen LogP contribution is 2.19. The molecule has 7 nitrogen and oxygen atoms in total. The maximum Gasteiger partial charge on any atom is 0.410 e. The number of amides is 2. The molecule has 0 bridgehead atoms. The lowest BCUT2D eigenvalue weighted by atomic mass is 10.1. The van der Waals surface area contributed by atoms with Gasteiger partial charge in [0.25, 0.3) is 0 Å². The lowest BCUT2D eigenvalue weighted by Gasteiger charge is -2.25. The molecule has 2 amide bonds. The predicted molar refractivity (Wildman–Crippen MR) is 99.7 cm³/mol. The molecule has 1 aromatic carbocycles. The van der Waals surface area contributed by atoms with Crippen molar-refractivity contribution in [3.63, 3.8) is 0 Å². The van der Waals surface area contributed by atoms with Crippen molar-refractivity contribution in [1.29, 1.82) is 0 Å². The molecule has 1 fully saturated rings. The maximum atomic E-state index is 12.6. The Labute approximate surface area is 159 Å². The van der Waals surface area contributed by atoms with E-state index in [1.807, 2.05) is 30.3 Å². The van der Waals surface area contributed by atoms with Gasteiger partial charge in [-0.2, -0.15) is 0 Å². The van der Waals surface area contributed by atoms with Crippen LogP contribution in [0.1, 0.15) is 31.2 Å². The van der Waals surface area contributed by atoms with Gasteiger partial charge in [-0.15, -0.1) is 6.58 Å². The van der Waals surface area contributed by atoms with Gasteiger partial charge in [-0.3, -0.25) is 9.69 Å². The summed E-state index contributed by atoms with van der Waals surface area (Å²) in [6, 6.07) is 7.93. The van der Waals surface area contributed by atoms with Gasteiger partial charge < -0.3 is 14.8 Å². The molecular weight excluding hydrogens is 348 g/mol. The van der Waals surface area contributed by atoms with Gasteiger partial charge in [0.15, 0.2) is 0 Å². The number of nitrogens with zero attached hydrogens (tertiary/aromatic N) is 1. The molecule has 0 radical (unpaired) electrons. The highest BCUT2D eigenvalue weighted by atomic mass is 16.6. The summed E-state index contributed by atoms with van der Waals surface area (Å²) in [5.74, 6) is -0.884. The second-order valence-corrected chi connectivity index (χ2v) is 6.34. The second kappa shape index (κ2) is 10.4. The van der Waals surface area contributed by atoms with Crippen LogP contribution in [0.5, 0.6) is 0 Å². The number of nitrogens with one attached hydrogen (secondary N) is 1. The molecule has 1 saturated heterocycles. The molecular formula is C20H26N2O5. The Morgan fingerprint density at radius 2 is 2.07 bits per heavy atom. The van der Waals surface area contributed by atoms with Gasteiger partial charge in [-0.1, -0.05) is 36.4 Å². The molecule has 1 heterocycles. The van der Waals surface area contributed by atoms with E-state index >= 15 is 0 Å². The summed E-state index contributed by atoms with van der Waals surface area (Å²) < 4.78 is 10.1. The molecule has 146 valence electrons. The minimum absolute atomic E-state index is 0.147. The Kier molecular flexibility index (Phi) is 7.85. The van der Waals surface area contributed by atoms with E-state index in [-0.39, 0.29) is 12.5 Å². The minimum Gasteiger partial charge on any atom is -0.467 e. The molecule has 2 rings (SSSR count). The SMILES string of the molecule is C=CCC[C@@H](NC(=O)[C@H]1CCCN1C(=O)OCc1ccccc1)C(=O)OC. The largest absolute Gasteiger partial charge is 0.467 e. The van der Waals surface area contributed by atoms with E-state index in [4.69, 9.17) is 9.47 Å². The molecule has 0 unspecified atom stereocenters. The molecule has 7 heteroatoms. The van der Waals surface area contributed by atoms with Crippen LogP contribution in [0.4, 0.5) is 4.79 Å². The number of ether oxygens (including phenoxy) is 2. The van der Waals surface area contributed by atoms with Crippen LogP contribution in [0, 0.1) is 0 Å². The lowest BCUT2D eigenvalue weighted by Crippen LogP contribution is -2.51. The molecule has 1 aliphatic rings. The Morgan fingerprint density at radius 3 is 2.74 bits per heavy atom. The number of methoxy groups -OCH3 is 1. The molecule has 0 aliphatic carbocycles. The van der Waals surface area contributed by atoms with Crippen LogP contribution in [0.25, 0.3) is 0 Å². The van der Waals surface area contributed by atoms with Crippen molar-refractivity contribution in [1.82, 2.24) is 10.2 Å². The first-order valence-corrected chi connectivity index (χ1v) is 9.03. The first-order chi connectivity index (χ1) is 13.1. The number of carbonyl (C=O) groups is 3. The van der Waals surface area contributed by atoms with Crippen LogP contribution >= 0.6 is 0 Å². The lowest BCUT2D eigenvalue weighted by molar-refractivity contribution is -0.145. The third-order valence-electron chi connectivity index (χ3n) is 4.46. The molecule has 2 atom stereocenters. The van der Waals surface area contributed by atoms with Crippen LogP contribution in [0.3, 0.4) is 0 Å². The number of likely N-dealkylation sites (tertiary alicyclic amines) is 1. The number of carbonyl (C=O) groups excluding carboxylic acids is 3. The zero-order valence-corrected chi connectivity index (χ0v) is 15.6. The Hall–Kier alpha value is -2.83. The summed E-state index contributed by atoms with van der Waals surface area (Å²) in [4.78, 5) is 38.3. The number of benzene rings is 1. The number of hydrogen-bond acceptors (Lipinski definition) is 5. The average molecular weight is 374 g/mol. The molecule has 0 aromatic heterocycles. The fraction of sp³-hybridized carbons (Fsp3) is 0.450. The normalized spacial score (nSPS) is 17.1. The van der Waals surface area contributed by atoms with Crippen LogP contribution < -0.4 is 5.32 Å². The first kappa shape index (κ1) is 20.5. The van der Waals surface area contributed by atoms with Gasteiger partial charge in [0.1, 0.15) is 18.7 Å². The Morgan fingerprint density at radius 1 is 1.33 bits per heavy atom. The topological polar surface area (TPSA) is 84.9 Å². The summed E-state index contributed by atoms with van der Waals surface area (Å²) in [5.41, 5.74) is 0.876. The second-order valence-electron chi connectivity index (χ2n) is 6.34. The summed E-state index contributed by atoms with van der Waals surface area (Å²) in [6.45, 7) is 4.21. The highest BCUT2D eigenvalue weighted by Gasteiger charge is 2.36. The van der Waals surface area contributed by atoms with Crippen molar-refractivity contribution in [3.05, 3.63) is 48.6 Å². The van der Waals surface area contributed by atoms with Gasteiger partial charge >= 0.3 is 12.1 Å². The monoisotopic (exact) mass is 374 g/mol. The third-order valence-corrected chi connectivity index (χ3v) is 4.46.